The molecular weight excluding hydrogens is 292 g/mol. The van der Waals surface area contributed by atoms with E-state index in [1.807, 2.05) is 0 Å². The second-order valence-electron chi connectivity index (χ2n) is 3.91. The Morgan fingerprint density at radius 3 is 2.32 bits per heavy atom. The van der Waals surface area contributed by atoms with Gasteiger partial charge in [0.1, 0.15) is 11.6 Å². The monoisotopic (exact) mass is 303 g/mol. The zero-order valence-electron chi connectivity index (χ0n) is 9.93. The largest absolute Gasteiger partial charge is 0.246 e. The summed E-state index contributed by atoms with van der Waals surface area (Å²) in [6, 6.07) is 5.90. The fourth-order valence-electron chi connectivity index (χ4n) is 1.63. The maximum Gasteiger partial charge on any atom is 0.246 e. The van der Waals surface area contributed by atoms with Crippen LogP contribution in [0.2, 0.25) is 0 Å². The molecule has 2 aromatic rings. The van der Waals surface area contributed by atoms with Gasteiger partial charge in [-0.1, -0.05) is 12.1 Å². The lowest BCUT2D eigenvalue weighted by atomic mass is 10.3. The Kier molecular flexibility index (Phi) is 3.98. The van der Waals surface area contributed by atoms with E-state index in [-0.39, 0.29) is 0 Å². The number of nitrogens with one attached hydrogen (secondary N) is 1. The summed E-state index contributed by atoms with van der Waals surface area (Å²) < 4.78 is 53.2. The van der Waals surface area contributed by atoms with Gasteiger partial charge in [0, 0.05) is 4.88 Å². The third-order valence-corrected chi connectivity index (χ3v) is 5.14. The van der Waals surface area contributed by atoms with Crippen molar-refractivity contribution in [1.29, 1.82) is 0 Å². The summed E-state index contributed by atoms with van der Waals surface area (Å²) in [4.78, 5) is -0.182. The van der Waals surface area contributed by atoms with E-state index >= 15 is 0 Å². The van der Waals surface area contributed by atoms with Crippen LogP contribution in [0.5, 0.6) is 0 Å². The molecule has 1 aromatic carbocycles. The Morgan fingerprint density at radius 1 is 1.16 bits per heavy atom. The number of hydrogen-bond acceptors (Lipinski definition) is 3. The minimum Gasteiger partial charge on any atom is -0.207 e. The highest BCUT2D eigenvalue weighted by molar-refractivity contribution is 7.89. The van der Waals surface area contributed by atoms with E-state index in [2.05, 4.69) is 4.72 Å². The molecule has 0 amide bonds. The minimum absolute atomic E-state index is 0.552. The average molecular weight is 303 g/mol. The molecule has 0 saturated carbocycles. The molecule has 1 aromatic heterocycles. The molecule has 0 unspecified atom stereocenters. The first-order chi connectivity index (χ1) is 8.92. The van der Waals surface area contributed by atoms with Crippen molar-refractivity contribution in [3.8, 4) is 0 Å². The second-order valence-corrected chi connectivity index (χ2v) is 6.54. The van der Waals surface area contributed by atoms with E-state index in [1.54, 1.807) is 24.4 Å². The molecule has 0 bridgehead atoms. The number of rotatable bonds is 4. The van der Waals surface area contributed by atoms with Crippen LogP contribution in [0.3, 0.4) is 0 Å². The van der Waals surface area contributed by atoms with Crippen LogP contribution in [0.1, 0.15) is 17.8 Å². The molecule has 1 heterocycles. The topological polar surface area (TPSA) is 46.2 Å². The normalized spacial score (nSPS) is 13.4. The molecule has 0 saturated heterocycles. The lowest BCUT2D eigenvalue weighted by Crippen LogP contribution is -2.28. The predicted octanol–water partition coefficient (Wildman–Crippen LogP) is 3.07. The first kappa shape index (κ1) is 14.1. The fourth-order valence-corrected chi connectivity index (χ4v) is 3.80. The second kappa shape index (κ2) is 5.36. The van der Waals surface area contributed by atoms with E-state index in [4.69, 9.17) is 0 Å². The molecule has 0 spiro atoms. The molecule has 0 aliphatic carbocycles. The summed E-state index contributed by atoms with van der Waals surface area (Å²) in [5, 5.41) is 1.80. The number of thiophene rings is 1. The summed E-state index contributed by atoms with van der Waals surface area (Å²) in [5.74, 6) is -2.21. The Morgan fingerprint density at radius 2 is 1.79 bits per heavy atom. The van der Waals surface area contributed by atoms with Crippen LogP contribution < -0.4 is 4.72 Å². The smallest absolute Gasteiger partial charge is 0.207 e. The Hall–Kier alpha value is -1.31. The van der Waals surface area contributed by atoms with Crippen LogP contribution in [0, 0.1) is 11.6 Å². The van der Waals surface area contributed by atoms with Gasteiger partial charge in [-0.3, -0.25) is 0 Å². The molecule has 1 atom stereocenters. The standard InChI is InChI=1S/C12H11F2NO2S2/c1-8(11-6-3-7-18-11)15-19(16,17)12-9(13)4-2-5-10(12)14/h2-8,15H,1H3/t8-/m1/s1. The van der Waals surface area contributed by atoms with Crippen LogP contribution in [-0.2, 0) is 10.0 Å². The third kappa shape index (κ3) is 2.99. The van der Waals surface area contributed by atoms with Crippen molar-refractivity contribution in [1.82, 2.24) is 4.72 Å². The molecule has 7 heteroatoms. The summed E-state index contributed by atoms with van der Waals surface area (Å²) in [6.07, 6.45) is 0. The summed E-state index contributed by atoms with van der Waals surface area (Å²) in [7, 11) is -4.24. The van der Waals surface area contributed by atoms with Gasteiger partial charge in [-0.05, 0) is 30.5 Å². The highest BCUT2D eigenvalue weighted by Gasteiger charge is 2.26. The number of benzene rings is 1. The quantitative estimate of drug-likeness (QED) is 0.943. The fraction of sp³-hybridized carbons (Fsp3) is 0.167. The molecule has 1 N–H and O–H groups in total. The van der Waals surface area contributed by atoms with Crippen molar-refractivity contribution in [3.63, 3.8) is 0 Å². The van der Waals surface area contributed by atoms with Crippen molar-refractivity contribution in [2.75, 3.05) is 0 Å². The van der Waals surface area contributed by atoms with Gasteiger partial charge < -0.3 is 0 Å². The third-order valence-electron chi connectivity index (χ3n) is 2.49. The Bertz CT molecular complexity index is 649. The number of sulfonamides is 1. The Balaban J connectivity index is 2.33. The maximum atomic E-state index is 13.5. The Labute approximate surface area is 114 Å². The van der Waals surface area contributed by atoms with Gasteiger partial charge in [0.2, 0.25) is 10.0 Å². The maximum absolute atomic E-state index is 13.5. The van der Waals surface area contributed by atoms with Gasteiger partial charge in [-0.2, -0.15) is 0 Å². The predicted molar refractivity (Wildman–Crippen MR) is 69.4 cm³/mol. The van der Waals surface area contributed by atoms with Gasteiger partial charge in [-0.15, -0.1) is 11.3 Å². The average Bonchev–Trinajstić information content (AvgIpc) is 2.80. The van der Waals surface area contributed by atoms with Gasteiger partial charge in [0.15, 0.2) is 4.90 Å². The molecule has 19 heavy (non-hydrogen) atoms. The van der Waals surface area contributed by atoms with Crippen LogP contribution in [-0.4, -0.2) is 8.42 Å². The molecular formula is C12H11F2NO2S2. The van der Waals surface area contributed by atoms with E-state index in [0.717, 1.165) is 23.1 Å². The van der Waals surface area contributed by atoms with Gasteiger partial charge in [0.05, 0.1) is 6.04 Å². The highest BCUT2D eigenvalue weighted by Crippen LogP contribution is 2.23. The van der Waals surface area contributed by atoms with E-state index in [9.17, 15) is 17.2 Å². The highest BCUT2D eigenvalue weighted by atomic mass is 32.2. The van der Waals surface area contributed by atoms with Gasteiger partial charge >= 0.3 is 0 Å². The van der Waals surface area contributed by atoms with Gasteiger partial charge in [0.25, 0.3) is 0 Å². The van der Waals surface area contributed by atoms with E-state index in [1.165, 1.54) is 11.3 Å². The molecule has 3 nitrogen and oxygen atoms in total. The van der Waals surface area contributed by atoms with Crippen molar-refractivity contribution < 1.29 is 17.2 Å². The summed E-state index contributed by atoms with van der Waals surface area (Å²) in [6.45, 7) is 1.61. The molecule has 102 valence electrons. The summed E-state index contributed by atoms with van der Waals surface area (Å²) in [5.41, 5.74) is 0. The van der Waals surface area contributed by atoms with Crippen LogP contribution in [0.25, 0.3) is 0 Å². The molecule has 0 aliphatic heterocycles. The molecule has 2 rings (SSSR count). The van der Waals surface area contributed by atoms with E-state index < -0.39 is 32.6 Å². The lowest BCUT2D eigenvalue weighted by molar-refractivity contribution is 0.509. The lowest BCUT2D eigenvalue weighted by Gasteiger charge is -2.13. The summed E-state index contributed by atoms with van der Waals surface area (Å²) >= 11 is 1.36. The number of halogens is 2. The molecule has 0 fully saturated rings. The molecule has 0 radical (unpaired) electrons. The van der Waals surface area contributed by atoms with E-state index in [0.29, 0.717) is 0 Å². The number of hydrogen-bond donors (Lipinski definition) is 1. The van der Waals surface area contributed by atoms with Crippen molar-refractivity contribution in [2.45, 2.75) is 17.9 Å². The van der Waals surface area contributed by atoms with Crippen LogP contribution in [0.15, 0.2) is 40.6 Å². The van der Waals surface area contributed by atoms with Crippen LogP contribution >= 0.6 is 11.3 Å². The van der Waals surface area contributed by atoms with Gasteiger partial charge in [-0.25, -0.2) is 21.9 Å². The molecule has 0 aliphatic rings. The minimum atomic E-state index is -4.24. The SMILES string of the molecule is C[C@@H](NS(=O)(=O)c1c(F)cccc1F)c1cccs1. The van der Waals surface area contributed by atoms with Crippen molar-refractivity contribution in [3.05, 3.63) is 52.2 Å². The van der Waals surface area contributed by atoms with Crippen LogP contribution in [0.4, 0.5) is 8.78 Å². The zero-order valence-corrected chi connectivity index (χ0v) is 11.6. The van der Waals surface area contributed by atoms with Crippen molar-refractivity contribution >= 4 is 21.4 Å². The first-order valence-corrected chi connectivity index (χ1v) is 7.78. The van der Waals surface area contributed by atoms with Crippen molar-refractivity contribution in [2.24, 2.45) is 0 Å². The first-order valence-electron chi connectivity index (χ1n) is 5.41. The zero-order chi connectivity index (χ0) is 14.0.